The minimum absolute atomic E-state index is 0.00822. The molecule has 1 amide bonds. The minimum Gasteiger partial charge on any atom is -0.353 e. The van der Waals surface area contributed by atoms with Crippen LogP contribution in [0.2, 0.25) is 5.02 Å². The molecule has 94 valence electrons. The summed E-state index contributed by atoms with van der Waals surface area (Å²) < 4.78 is 0.977. The van der Waals surface area contributed by atoms with Crippen LogP contribution in [0.5, 0.6) is 0 Å². The van der Waals surface area contributed by atoms with Gasteiger partial charge in [0.25, 0.3) is 0 Å². The van der Waals surface area contributed by atoms with Crippen LogP contribution in [0.25, 0.3) is 0 Å². The molecule has 0 radical (unpaired) electrons. The van der Waals surface area contributed by atoms with Gasteiger partial charge in [-0.2, -0.15) is 0 Å². The number of amides is 1. The summed E-state index contributed by atoms with van der Waals surface area (Å²) in [6, 6.07) is 5.82. The molecule has 0 spiro atoms. The van der Waals surface area contributed by atoms with E-state index in [2.05, 4.69) is 26.6 Å². The van der Waals surface area contributed by atoms with Crippen molar-refractivity contribution >= 4 is 33.4 Å². The van der Waals surface area contributed by atoms with Crippen molar-refractivity contribution in [3.63, 3.8) is 0 Å². The number of benzene rings is 1. The van der Waals surface area contributed by atoms with Crippen LogP contribution in [0.3, 0.4) is 0 Å². The maximum Gasteiger partial charge on any atom is 0.234 e. The summed E-state index contributed by atoms with van der Waals surface area (Å²) in [6.45, 7) is 4.73. The van der Waals surface area contributed by atoms with Crippen LogP contribution in [0, 0.1) is 0 Å². The lowest BCUT2D eigenvalue weighted by Gasteiger charge is -2.10. The summed E-state index contributed by atoms with van der Waals surface area (Å²) in [7, 11) is 0. The zero-order valence-corrected chi connectivity index (χ0v) is 12.2. The molecule has 0 aliphatic carbocycles. The van der Waals surface area contributed by atoms with E-state index in [0.717, 1.165) is 10.0 Å². The topological polar surface area (TPSA) is 41.1 Å². The Labute approximate surface area is 115 Å². The molecule has 0 aliphatic heterocycles. The van der Waals surface area contributed by atoms with E-state index < -0.39 is 0 Å². The molecule has 17 heavy (non-hydrogen) atoms. The van der Waals surface area contributed by atoms with Crippen LogP contribution in [0.15, 0.2) is 22.7 Å². The molecule has 0 atom stereocenters. The first-order valence-corrected chi connectivity index (χ1v) is 6.60. The monoisotopic (exact) mass is 318 g/mol. The third kappa shape index (κ3) is 5.52. The second-order valence-corrected chi connectivity index (χ2v) is 5.38. The molecule has 3 nitrogen and oxygen atoms in total. The molecular formula is C12H16BrClN2O. The lowest BCUT2D eigenvalue weighted by atomic mass is 10.2. The number of halogens is 2. The second-order valence-electron chi connectivity index (χ2n) is 4.06. The van der Waals surface area contributed by atoms with E-state index in [4.69, 9.17) is 11.6 Å². The Balaban J connectivity index is 2.40. The van der Waals surface area contributed by atoms with Crippen molar-refractivity contribution in [3.05, 3.63) is 33.3 Å². The molecule has 1 aromatic rings. The summed E-state index contributed by atoms with van der Waals surface area (Å²) in [5.74, 6) is -0.00822. The highest BCUT2D eigenvalue weighted by molar-refractivity contribution is 9.10. The Morgan fingerprint density at radius 2 is 2.18 bits per heavy atom. The van der Waals surface area contributed by atoms with Gasteiger partial charge in [0.1, 0.15) is 0 Å². The van der Waals surface area contributed by atoms with Gasteiger partial charge in [-0.05, 0) is 37.6 Å². The molecule has 1 aromatic carbocycles. The van der Waals surface area contributed by atoms with E-state index >= 15 is 0 Å². The summed E-state index contributed by atoms with van der Waals surface area (Å²) in [5, 5.41) is 6.57. The van der Waals surface area contributed by atoms with E-state index in [1.54, 1.807) is 0 Å². The lowest BCUT2D eigenvalue weighted by molar-refractivity contribution is -0.120. The van der Waals surface area contributed by atoms with Gasteiger partial charge in [-0.3, -0.25) is 4.79 Å². The number of carbonyl (C=O) groups is 1. The fourth-order valence-electron chi connectivity index (χ4n) is 1.36. The highest BCUT2D eigenvalue weighted by Gasteiger charge is 2.04. The molecule has 2 N–H and O–H groups in total. The molecular weight excluding hydrogens is 304 g/mol. The Hall–Kier alpha value is -0.580. The highest BCUT2D eigenvalue weighted by Crippen LogP contribution is 2.20. The Morgan fingerprint density at radius 3 is 2.82 bits per heavy atom. The van der Waals surface area contributed by atoms with Crippen LogP contribution in [-0.2, 0) is 11.3 Å². The van der Waals surface area contributed by atoms with Crippen LogP contribution in [0.1, 0.15) is 19.4 Å². The fourth-order valence-corrected chi connectivity index (χ4v) is 1.96. The van der Waals surface area contributed by atoms with Crippen molar-refractivity contribution in [2.45, 2.75) is 26.4 Å². The largest absolute Gasteiger partial charge is 0.353 e. The molecule has 0 heterocycles. The first-order chi connectivity index (χ1) is 7.99. The zero-order chi connectivity index (χ0) is 12.8. The van der Waals surface area contributed by atoms with Gasteiger partial charge < -0.3 is 10.6 Å². The van der Waals surface area contributed by atoms with Gasteiger partial charge in [0.15, 0.2) is 0 Å². The SMILES string of the molecule is CC(C)NC(=O)CNCc1cc(Br)ccc1Cl. The van der Waals surface area contributed by atoms with E-state index in [0.29, 0.717) is 18.1 Å². The van der Waals surface area contributed by atoms with Crippen LogP contribution in [0.4, 0.5) is 0 Å². The Bertz CT molecular complexity index is 396. The van der Waals surface area contributed by atoms with Gasteiger partial charge in [-0.1, -0.05) is 27.5 Å². The molecule has 0 fully saturated rings. The van der Waals surface area contributed by atoms with E-state index in [9.17, 15) is 4.79 Å². The molecule has 0 saturated heterocycles. The Kier molecular flexibility index (Phi) is 5.95. The first kappa shape index (κ1) is 14.5. The van der Waals surface area contributed by atoms with Gasteiger partial charge in [0.05, 0.1) is 6.54 Å². The smallest absolute Gasteiger partial charge is 0.234 e. The predicted molar refractivity (Wildman–Crippen MR) is 74.1 cm³/mol. The quantitative estimate of drug-likeness (QED) is 0.876. The number of hydrogen-bond donors (Lipinski definition) is 2. The normalized spacial score (nSPS) is 10.6. The number of rotatable bonds is 5. The van der Waals surface area contributed by atoms with Crippen molar-refractivity contribution in [2.75, 3.05) is 6.54 Å². The third-order valence-electron chi connectivity index (χ3n) is 2.06. The van der Waals surface area contributed by atoms with Gasteiger partial charge >= 0.3 is 0 Å². The van der Waals surface area contributed by atoms with Gasteiger partial charge in [0, 0.05) is 22.1 Å². The summed E-state index contributed by atoms with van der Waals surface area (Å²) in [5.41, 5.74) is 0.971. The summed E-state index contributed by atoms with van der Waals surface area (Å²) >= 11 is 9.42. The summed E-state index contributed by atoms with van der Waals surface area (Å²) in [6.07, 6.45) is 0. The number of carbonyl (C=O) groups excluding carboxylic acids is 1. The third-order valence-corrected chi connectivity index (χ3v) is 2.92. The molecule has 0 aliphatic rings. The molecule has 0 aromatic heterocycles. The van der Waals surface area contributed by atoms with Crippen molar-refractivity contribution in [3.8, 4) is 0 Å². The second kappa shape index (κ2) is 6.99. The van der Waals surface area contributed by atoms with E-state index in [1.807, 2.05) is 32.0 Å². The van der Waals surface area contributed by atoms with Crippen molar-refractivity contribution in [2.24, 2.45) is 0 Å². The van der Waals surface area contributed by atoms with Crippen LogP contribution >= 0.6 is 27.5 Å². The van der Waals surface area contributed by atoms with E-state index in [-0.39, 0.29) is 11.9 Å². The van der Waals surface area contributed by atoms with Crippen LogP contribution in [-0.4, -0.2) is 18.5 Å². The average molecular weight is 320 g/mol. The summed E-state index contributed by atoms with van der Waals surface area (Å²) in [4.78, 5) is 11.4. The first-order valence-electron chi connectivity index (χ1n) is 5.43. The lowest BCUT2D eigenvalue weighted by Crippen LogP contribution is -2.37. The zero-order valence-electron chi connectivity index (χ0n) is 9.89. The van der Waals surface area contributed by atoms with Gasteiger partial charge in [-0.15, -0.1) is 0 Å². The predicted octanol–water partition coefficient (Wildman–Crippen LogP) is 2.72. The standard InChI is InChI=1S/C12H16BrClN2O/c1-8(2)16-12(17)7-15-6-9-5-10(13)3-4-11(9)14/h3-5,8,15H,6-7H2,1-2H3,(H,16,17). The molecule has 1 rings (SSSR count). The maximum absolute atomic E-state index is 11.4. The number of hydrogen-bond acceptors (Lipinski definition) is 2. The van der Waals surface area contributed by atoms with E-state index in [1.165, 1.54) is 0 Å². The maximum atomic E-state index is 11.4. The number of nitrogens with one attached hydrogen (secondary N) is 2. The van der Waals surface area contributed by atoms with Crippen molar-refractivity contribution in [1.29, 1.82) is 0 Å². The van der Waals surface area contributed by atoms with Gasteiger partial charge in [-0.25, -0.2) is 0 Å². The Morgan fingerprint density at radius 1 is 1.47 bits per heavy atom. The van der Waals surface area contributed by atoms with Crippen LogP contribution < -0.4 is 10.6 Å². The minimum atomic E-state index is -0.00822. The molecule has 0 saturated carbocycles. The molecule has 5 heteroatoms. The van der Waals surface area contributed by atoms with Crippen molar-refractivity contribution < 1.29 is 4.79 Å². The molecule has 0 unspecified atom stereocenters. The highest BCUT2D eigenvalue weighted by atomic mass is 79.9. The van der Waals surface area contributed by atoms with Crippen molar-refractivity contribution in [1.82, 2.24) is 10.6 Å². The van der Waals surface area contributed by atoms with Gasteiger partial charge in [0.2, 0.25) is 5.91 Å². The average Bonchev–Trinajstić information content (AvgIpc) is 2.22. The molecule has 0 bridgehead atoms. The fraction of sp³-hybridized carbons (Fsp3) is 0.417.